The van der Waals surface area contributed by atoms with Gasteiger partial charge >= 0.3 is 11.9 Å². The van der Waals surface area contributed by atoms with Gasteiger partial charge in [-0.1, -0.05) is 53.0 Å². The van der Waals surface area contributed by atoms with Crippen molar-refractivity contribution in [1.82, 2.24) is 0 Å². The molecule has 1 aliphatic rings. The molecule has 0 N–H and O–H groups in total. The summed E-state index contributed by atoms with van der Waals surface area (Å²) in [6.45, 7) is 6.37. The fourth-order valence-electron chi connectivity index (χ4n) is 3.51. The van der Waals surface area contributed by atoms with E-state index in [2.05, 4.69) is 0 Å². The predicted molar refractivity (Wildman–Crippen MR) is 119 cm³/mol. The van der Waals surface area contributed by atoms with E-state index in [1.807, 2.05) is 0 Å². The maximum atomic E-state index is 13.3. The average Bonchev–Trinajstić information content (AvgIpc) is 2.97. The van der Waals surface area contributed by atoms with Crippen molar-refractivity contribution in [3.63, 3.8) is 0 Å². The monoisotopic (exact) mass is 482 g/mol. The third-order valence-electron chi connectivity index (χ3n) is 5.34. The highest BCUT2D eigenvalue weighted by Crippen LogP contribution is 2.50. The van der Waals surface area contributed by atoms with E-state index >= 15 is 0 Å². The Morgan fingerprint density at radius 3 is 2.35 bits per heavy atom. The zero-order valence-corrected chi connectivity index (χ0v) is 19.7. The van der Waals surface area contributed by atoms with Crippen molar-refractivity contribution in [1.29, 1.82) is 0 Å². The number of ketones is 1. The van der Waals surface area contributed by atoms with Gasteiger partial charge in [0.2, 0.25) is 0 Å². The number of aryl methyl sites for hydroxylation is 1. The van der Waals surface area contributed by atoms with Crippen LogP contribution in [0.25, 0.3) is 0 Å². The third-order valence-corrected chi connectivity index (χ3v) is 6.40. The van der Waals surface area contributed by atoms with Crippen LogP contribution < -0.4 is 0 Å². The summed E-state index contributed by atoms with van der Waals surface area (Å²) in [5.41, 5.74) is 0.343. The first kappa shape index (κ1) is 23.6. The van der Waals surface area contributed by atoms with Gasteiger partial charge in [-0.05, 0) is 51.0 Å². The molecule has 8 heteroatoms. The Bertz CT molecular complexity index is 1080. The molecule has 2 unspecified atom stereocenters. The minimum absolute atomic E-state index is 0.119. The lowest BCUT2D eigenvalue weighted by atomic mass is 9.91. The maximum Gasteiger partial charge on any atom is 0.323 e. The van der Waals surface area contributed by atoms with Crippen LogP contribution in [-0.4, -0.2) is 24.3 Å². The topological polar surface area (TPSA) is 69.7 Å². The Balaban J connectivity index is 2.11. The molecule has 0 saturated carbocycles. The second kappa shape index (κ2) is 8.81. The molecule has 2 atom stereocenters. The number of carbonyl (C=O) groups is 3. The Morgan fingerprint density at radius 2 is 1.74 bits per heavy atom. The molecule has 0 bridgehead atoms. The van der Waals surface area contributed by atoms with Crippen LogP contribution >= 0.6 is 34.8 Å². The van der Waals surface area contributed by atoms with Gasteiger partial charge in [-0.3, -0.25) is 14.4 Å². The van der Waals surface area contributed by atoms with Crippen molar-refractivity contribution in [2.24, 2.45) is 5.41 Å². The molecule has 5 nitrogen and oxygen atoms in total. The van der Waals surface area contributed by atoms with Crippen molar-refractivity contribution in [3.05, 3.63) is 67.7 Å². The standard InChI is InChI=1S/C23H21Cl3O5/c1-5-30-21(28)23(3,4)22(29)31-20-16-14(8-6-11(2)18(16)26)19(27)17(20)13-9-7-12(24)10-15(13)25/h6-10,17,20H,5H2,1-4H3. The quantitative estimate of drug-likeness (QED) is 0.379. The zero-order valence-electron chi connectivity index (χ0n) is 17.4. The SMILES string of the molecule is CCOC(=O)C(C)(C)C(=O)OC1c2c(ccc(C)c2Cl)C(=O)C1c1ccc(Cl)cc1Cl. The number of carbonyl (C=O) groups excluding carboxylic acids is 3. The van der Waals surface area contributed by atoms with Gasteiger partial charge in [0.25, 0.3) is 0 Å². The van der Waals surface area contributed by atoms with E-state index in [-0.39, 0.29) is 17.4 Å². The van der Waals surface area contributed by atoms with Gasteiger partial charge in [0.05, 0.1) is 17.5 Å². The van der Waals surface area contributed by atoms with E-state index < -0.39 is 29.4 Å². The number of Topliss-reactive ketones (excluding diaryl/α,β-unsaturated/α-hetero) is 1. The molecule has 0 aromatic heterocycles. The number of fused-ring (bicyclic) bond motifs is 1. The van der Waals surface area contributed by atoms with Crippen LogP contribution in [0.5, 0.6) is 0 Å². The number of rotatable bonds is 5. The zero-order chi connectivity index (χ0) is 23.1. The lowest BCUT2D eigenvalue weighted by Gasteiger charge is -2.27. The smallest absolute Gasteiger partial charge is 0.323 e. The van der Waals surface area contributed by atoms with Gasteiger partial charge in [-0.25, -0.2) is 0 Å². The van der Waals surface area contributed by atoms with E-state index in [4.69, 9.17) is 44.3 Å². The van der Waals surface area contributed by atoms with Crippen LogP contribution in [0.4, 0.5) is 0 Å². The van der Waals surface area contributed by atoms with Gasteiger partial charge in [0, 0.05) is 21.2 Å². The second-order valence-electron chi connectivity index (χ2n) is 7.84. The highest BCUT2D eigenvalue weighted by atomic mass is 35.5. The Morgan fingerprint density at radius 1 is 1.06 bits per heavy atom. The molecule has 0 spiro atoms. The lowest BCUT2D eigenvalue weighted by molar-refractivity contribution is -0.173. The summed E-state index contributed by atoms with van der Waals surface area (Å²) < 4.78 is 10.8. The number of ether oxygens (including phenoxy) is 2. The number of benzene rings is 2. The summed E-state index contributed by atoms with van der Waals surface area (Å²) in [5, 5.41) is 0.991. The summed E-state index contributed by atoms with van der Waals surface area (Å²) in [4.78, 5) is 38.7. The van der Waals surface area contributed by atoms with E-state index in [9.17, 15) is 14.4 Å². The molecule has 2 aromatic carbocycles. The molecular weight excluding hydrogens is 463 g/mol. The second-order valence-corrected chi connectivity index (χ2v) is 9.06. The summed E-state index contributed by atoms with van der Waals surface area (Å²) in [6.07, 6.45) is -1.06. The van der Waals surface area contributed by atoms with E-state index in [1.54, 1.807) is 38.1 Å². The first-order valence-electron chi connectivity index (χ1n) is 9.67. The van der Waals surface area contributed by atoms with Crippen LogP contribution in [0.3, 0.4) is 0 Å². The highest BCUT2D eigenvalue weighted by molar-refractivity contribution is 6.36. The van der Waals surface area contributed by atoms with Gasteiger partial charge in [-0.15, -0.1) is 0 Å². The normalized spacial score (nSPS) is 18.0. The number of halogens is 3. The van der Waals surface area contributed by atoms with E-state index in [0.717, 1.165) is 5.56 Å². The Kier molecular flexibility index (Phi) is 6.70. The van der Waals surface area contributed by atoms with Crippen LogP contribution in [0, 0.1) is 12.3 Å². The molecule has 0 radical (unpaired) electrons. The molecule has 2 aromatic rings. The molecule has 0 heterocycles. The summed E-state index contributed by atoms with van der Waals surface area (Å²) in [5.74, 6) is -2.76. The summed E-state index contributed by atoms with van der Waals surface area (Å²) >= 11 is 18.9. The van der Waals surface area contributed by atoms with Crippen LogP contribution in [-0.2, 0) is 19.1 Å². The Labute approximate surface area is 195 Å². The molecule has 1 aliphatic carbocycles. The minimum atomic E-state index is -1.58. The van der Waals surface area contributed by atoms with Crippen LogP contribution in [0.2, 0.25) is 15.1 Å². The average molecular weight is 484 g/mol. The number of esters is 2. The van der Waals surface area contributed by atoms with E-state index in [0.29, 0.717) is 26.7 Å². The number of hydrogen-bond acceptors (Lipinski definition) is 5. The van der Waals surface area contributed by atoms with Crippen LogP contribution in [0.15, 0.2) is 30.3 Å². The van der Waals surface area contributed by atoms with Crippen molar-refractivity contribution in [2.75, 3.05) is 6.61 Å². The fourth-order valence-corrected chi connectivity index (χ4v) is 4.31. The Hall–Kier alpha value is -2.08. The summed E-state index contributed by atoms with van der Waals surface area (Å²) in [6, 6.07) is 8.12. The third kappa shape index (κ3) is 4.19. The van der Waals surface area contributed by atoms with Gasteiger partial charge in [0.1, 0.15) is 6.10 Å². The fraction of sp³-hybridized carbons (Fsp3) is 0.348. The van der Waals surface area contributed by atoms with E-state index in [1.165, 1.54) is 19.9 Å². The predicted octanol–water partition coefficient (Wildman–Crippen LogP) is 6.11. The first-order chi connectivity index (χ1) is 14.5. The molecule has 3 rings (SSSR count). The van der Waals surface area contributed by atoms with Gasteiger partial charge in [-0.2, -0.15) is 0 Å². The highest BCUT2D eigenvalue weighted by Gasteiger charge is 2.48. The van der Waals surface area contributed by atoms with Crippen molar-refractivity contribution in [3.8, 4) is 0 Å². The molecule has 0 aliphatic heterocycles. The minimum Gasteiger partial charge on any atom is -0.465 e. The molecule has 0 amide bonds. The summed E-state index contributed by atoms with van der Waals surface area (Å²) in [7, 11) is 0. The number of hydrogen-bond donors (Lipinski definition) is 0. The van der Waals surface area contributed by atoms with Crippen molar-refractivity contribution < 1.29 is 23.9 Å². The molecule has 0 saturated heterocycles. The van der Waals surface area contributed by atoms with Crippen LogP contribution in [0.1, 0.15) is 59.8 Å². The molecule has 164 valence electrons. The maximum absolute atomic E-state index is 13.3. The van der Waals surface area contributed by atoms with Crippen molar-refractivity contribution in [2.45, 2.75) is 39.7 Å². The first-order valence-corrected chi connectivity index (χ1v) is 10.8. The molecule has 31 heavy (non-hydrogen) atoms. The molecule has 0 fully saturated rings. The molecular formula is C23H21Cl3O5. The van der Waals surface area contributed by atoms with Crippen molar-refractivity contribution >= 4 is 52.5 Å². The van der Waals surface area contributed by atoms with Gasteiger partial charge in [0.15, 0.2) is 11.2 Å². The van der Waals surface area contributed by atoms with Gasteiger partial charge < -0.3 is 9.47 Å². The largest absolute Gasteiger partial charge is 0.465 e. The lowest BCUT2D eigenvalue weighted by Crippen LogP contribution is -2.37.